The third-order valence-electron chi connectivity index (χ3n) is 3.11. The Kier molecular flexibility index (Phi) is 4.49. The number of amides is 1. The lowest BCUT2D eigenvalue weighted by Crippen LogP contribution is -2.49. The van der Waals surface area contributed by atoms with Gasteiger partial charge in [-0.3, -0.25) is 13.8 Å². The molecular weight excluding hydrogens is 271 g/mol. The number of nitrogens with zero attached hydrogens (tertiary/aromatic N) is 2. The van der Waals surface area contributed by atoms with Crippen LogP contribution in [0.25, 0.3) is 0 Å². The highest BCUT2D eigenvalue weighted by atomic mass is 31.2. The number of hydrogen-bond acceptors (Lipinski definition) is 6. The van der Waals surface area contributed by atoms with Crippen LogP contribution in [0.15, 0.2) is 0 Å². The number of hydroxylamine groups is 2. The molecule has 112 valence electrons. The highest BCUT2D eigenvalue weighted by Crippen LogP contribution is 2.59. The second kappa shape index (κ2) is 5.14. The topological polar surface area (TPSA) is 79.3 Å². The minimum Gasteiger partial charge on any atom is -0.311 e. The van der Waals surface area contributed by atoms with Crippen molar-refractivity contribution in [3.63, 3.8) is 0 Å². The van der Waals surface area contributed by atoms with E-state index in [1.807, 2.05) is 0 Å². The van der Waals surface area contributed by atoms with Crippen LogP contribution in [-0.4, -0.2) is 45.3 Å². The molecule has 1 N–H and O–H groups in total. The Morgan fingerprint density at radius 3 is 1.84 bits per heavy atom. The van der Waals surface area contributed by atoms with Crippen LogP contribution in [0.1, 0.15) is 41.5 Å². The van der Waals surface area contributed by atoms with Gasteiger partial charge in [0.2, 0.25) is 0 Å². The van der Waals surface area contributed by atoms with Crippen molar-refractivity contribution < 1.29 is 23.6 Å². The summed E-state index contributed by atoms with van der Waals surface area (Å²) in [6.07, 6.45) is 0. The summed E-state index contributed by atoms with van der Waals surface area (Å²) in [6, 6.07) is 0. The van der Waals surface area contributed by atoms with Crippen LogP contribution >= 0.6 is 7.75 Å². The van der Waals surface area contributed by atoms with Gasteiger partial charge in [0.15, 0.2) is 0 Å². The fraction of sp³-hybridized carbons (Fsp3) is 0.909. The Hall–Kier alpha value is -0.460. The molecule has 19 heavy (non-hydrogen) atoms. The van der Waals surface area contributed by atoms with E-state index in [-0.39, 0.29) is 13.2 Å². The van der Waals surface area contributed by atoms with Crippen LogP contribution in [-0.2, 0) is 18.4 Å². The Bertz CT molecular complexity index is 400. The predicted molar refractivity (Wildman–Crippen MR) is 69.5 cm³/mol. The van der Waals surface area contributed by atoms with Gasteiger partial charge in [-0.1, -0.05) is 0 Å². The van der Waals surface area contributed by atoms with Crippen LogP contribution in [0, 0.1) is 0 Å². The molecule has 0 aliphatic carbocycles. The molecule has 0 unspecified atom stereocenters. The molecule has 1 saturated heterocycles. The molecule has 7 nitrogen and oxygen atoms in total. The molecule has 0 aromatic heterocycles. The average Bonchev–Trinajstić information content (AvgIpc) is 2.38. The van der Waals surface area contributed by atoms with Crippen molar-refractivity contribution >= 4 is 13.7 Å². The maximum atomic E-state index is 12.8. The van der Waals surface area contributed by atoms with Crippen molar-refractivity contribution in [3.8, 4) is 0 Å². The SMILES string of the molecule is CCOP(=O)(OCC)N1C(=O)C(C)(C)N(O)C1(C)C. The van der Waals surface area contributed by atoms with E-state index in [2.05, 4.69) is 0 Å². The molecule has 1 amide bonds. The fourth-order valence-electron chi connectivity index (χ4n) is 2.26. The molecular formula is C11H23N2O5P. The fourth-order valence-corrected chi connectivity index (χ4v) is 4.37. The summed E-state index contributed by atoms with van der Waals surface area (Å²) in [5, 5.41) is 11.0. The molecule has 0 spiro atoms. The van der Waals surface area contributed by atoms with Crippen LogP contribution in [0.4, 0.5) is 0 Å². The van der Waals surface area contributed by atoms with Crippen LogP contribution < -0.4 is 0 Å². The second-order valence-electron chi connectivity index (χ2n) is 5.29. The molecule has 0 bridgehead atoms. The number of hydrogen-bond donors (Lipinski definition) is 1. The number of carbonyl (C=O) groups excluding carboxylic acids is 1. The number of carbonyl (C=O) groups is 1. The Labute approximate surface area is 114 Å². The molecule has 1 rings (SSSR count). The number of rotatable bonds is 5. The van der Waals surface area contributed by atoms with Gasteiger partial charge in [0, 0.05) is 0 Å². The summed E-state index contributed by atoms with van der Waals surface area (Å²) >= 11 is 0. The van der Waals surface area contributed by atoms with E-state index in [1.54, 1.807) is 41.5 Å². The zero-order valence-corrected chi connectivity index (χ0v) is 13.2. The normalized spacial score (nSPS) is 23.1. The molecule has 1 heterocycles. The van der Waals surface area contributed by atoms with Gasteiger partial charge in [-0.05, 0) is 41.5 Å². The Balaban J connectivity index is 3.31. The molecule has 1 aliphatic heterocycles. The molecule has 0 saturated carbocycles. The summed E-state index contributed by atoms with van der Waals surface area (Å²) in [6.45, 7) is 9.90. The lowest BCUT2D eigenvalue weighted by Gasteiger charge is -2.37. The van der Waals surface area contributed by atoms with Crippen LogP contribution in [0.5, 0.6) is 0 Å². The van der Waals surface area contributed by atoms with Gasteiger partial charge in [-0.2, -0.15) is 5.06 Å². The quantitative estimate of drug-likeness (QED) is 0.783. The van der Waals surface area contributed by atoms with Crippen molar-refractivity contribution in [1.29, 1.82) is 0 Å². The van der Waals surface area contributed by atoms with Gasteiger partial charge in [-0.25, -0.2) is 9.24 Å². The standard InChI is InChI=1S/C11H23N2O5P/c1-7-17-19(16,18-8-2)12-9(14)10(3,4)13(15)11(12,5)6/h15H,7-8H2,1-6H3. The average molecular weight is 294 g/mol. The van der Waals surface area contributed by atoms with E-state index in [4.69, 9.17) is 9.05 Å². The zero-order valence-electron chi connectivity index (χ0n) is 12.3. The van der Waals surface area contributed by atoms with Crippen molar-refractivity contribution in [2.24, 2.45) is 0 Å². The summed E-state index contributed by atoms with van der Waals surface area (Å²) in [4.78, 5) is 12.4. The maximum absolute atomic E-state index is 12.8. The van der Waals surface area contributed by atoms with Crippen LogP contribution in [0.3, 0.4) is 0 Å². The van der Waals surface area contributed by atoms with E-state index in [0.717, 1.165) is 9.73 Å². The molecule has 0 aromatic rings. The molecule has 1 aliphatic rings. The zero-order chi connectivity index (χ0) is 15.1. The monoisotopic (exact) mass is 294 g/mol. The van der Waals surface area contributed by atoms with E-state index in [1.165, 1.54) is 0 Å². The first-order valence-corrected chi connectivity index (χ1v) is 7.78. The first-order chi connectivity index (χ1) is 8.55. The van der Waals surface area contributed by atoms with Crippen molar-refractivity contribution in [1.82, 2.24) is 9.73 Å². The largest absolute Gasteiger partial charge is 0.439 e. The molecule has 0 atom stereocenters. The predicted octanol–water partition coefficient (Wildman–Crippen LogP) is 2.22. The first kappa shape index (κ1) is 16.6. The summed E-state index contributed by atoms with van der Waals surface area (Å²) in [7, 11) is -3.78. The van der Waals surface area contributed by atoms with Gasteiger partial charge in [0.25, 0.3) is 5.91 Å². The smallest absolute Gasteiger partial charge is 0.311 e. The van der Waals surface area contributed by atoms with Crippen LogP contribution in [0.2, 0.25) is 0 Å². The Morgan fingerprint density at radius 1 is 1.16 bits per heavy atom. The molecule has 0 aromatic carbocycles. The minimum atomic E-state index is -3.78. The van der Waals surface area contributed by atoms with Crippen molar-refractivity contribution in [3.05, 3.63) is 0 Å². The second-order valence-corrected chi connectivity index (χ2v) is 7.14. The maximum Gasteiger partial charge on any atom is 0.439 e. The first-order valence-electron chi connectivity index (χ1n) is 6.29. The molecule has 0 radical (unpaired) electrons. The van der Waals surface area contributed by atoms with Crippen molar-refractivity contribution in [2.75, 3.05) is 13.2 Å². The highest BCUT2D eigenvalue weighted by Gasteiger charge is 2.63. The lowest BCUT2D eigenvalue weighted by molar-refractivity contribution is -0.204. The lowest BCUT2D eigenvalue weighted by atomic mass is 10.1. The summed E-state index contributed by atoms with van der Waals surface area (Å²) in [5.41, 5.74) is -2.37. The summed E-state index contributed by atoms with van der Waals surface area (Å²) < 4.78 is 24.2. The van der Waals surface area contributed by atoms with E-state index in [0.29, 0.717) is 0 Å². The van der Waals surface area contributed by atoms with Crippen molar-refractivity contribution in [2.45, 2.75) is 52.7 Å². The van der Waals surface area contributed by atoms with Gasteiger partial charge in [0.05, 0.1) is 13.2 Å². The minimum absolute atomic E-state index is 0.142. The molecule has 8 heteroatoms. The van der Waals surface area contributed by atoms with Gasteiger partial charge < -0.3 is 5.21 Å². The van der Waals surface area contributed by atoms with Gasteiger partial charge >= 0.3 is 7.75 Å². The molecule has 1 fully saturated rings. The van der Waals surface area contributed by atoms with E-state index in [9.17, 15) is 14.6 Å². The summed E-state index contributed by atoms with van der Waals surface area (Å²) in [5.74, 6) is -0.495. The van der Waals surface area contributed by atoms with Gasteiger partial charge in [0.1, 0.15) is 11.2 Å². The third kappa shape index (κ3) is 2.45. The highest BCUT2D eigenvalue weighted by molar-refractivity contribution is 7.52. The third-order valence-corrected chi connectivity index (χ3v) is 5.44. The van der Waals surface area contributed by atoms with E-state index < -0.39 is 24.9 Å². The van der Waals surface area contributed by atoms with Gasteiger partial charge in [-0.15, -0.1) is 0 Å². The van der Waals surface area contributed by atoms with E-state index >= 15 is 0 Å². The Morgan fingerprint density at radius 2 is 1.58 bits per heavy atom.